The quantitative estimate of drug-likeness (QED) is 0.938. The van der Waals surface area contributed by atoms with E-state index >= 15 is 0 Å². The van der Waals surface area contributed by atoms with Gasteiger partial charge >= 0.3 is 0 Å². The fourth-order valence-electron chi connectivity index (χ4n) is 2.65. The summed E-state index contributed by atoms with van der Waals surface area (Å²) in [4.78, 5) is 18.7. The fraction of sp³-hybridized carbons (Fsp3) is 0.412. The lowest BCUT2D eigenvalue weighted by Gasteiger charge is -2.31. The first-order chi connectivity index (χ1) is 11.1. The second-order valence-electron chi connectivity index (χ2n) is 5.89. The standard InChI is InChI=1S/C17H22N4O2/c1-12-13(2)21(11-18-12)15-6-4-14(5-7-15)19-17(22)16-10-23-9-8-20(16)3/h4-7,11,16H,8-10H2,1-3H3,(H,19,22). The third-order valence-corrected chi connectivity index (χ3v) is 4.36. The van der Waals surface area contributed by atoms with Gasteiger partial charge in [-0.15, -0.1) is 0 Å². The van der Waals surface area contributed by atoms with Crippen LogP contribution in [0.25, 0.3) is 5.69 Å². The number of nitrogens with zero attached hydrogens (tertiary/aromatic N) is 3. The van der Waals surface area contributed by atoms with E-state index in [2.05, 4.69) is 10.3 Å². The first-order valence-corrected chi connectivity index (χ1v) is 7.76. The summed E-state index contributed by atoms with van der Waals surface area (Å²) >= 11 is 0. The highest BCUT2D eigenvalue weighted by molar-refractivity contribution is 5.95. The highest BCUT2D eigenvalue weighted by atomic mass is 16.5. The van der Waals surface area contributed by atoms with E-state index < -0.39 is 0 Å². The number of aromatic nitrogens is 2. The number of nitrogens with one attached hydrogen (secondary N) is 1. The van der Waals surface area contributed by atoms with Gasteiger partial charge in [0.05, 0.1) is 25.2 Å². The monoisotopic (exact) mass is 314 g/mol. The van der Waals surface area contributed by atoms with Crippen molar-refractivity contribution >= 4 is 11.6 Å². The van der Waals surface area contributed by atoms with Crippen LogP contribution in [0.2, 0.25) is 0 Å². The van der Waals surface area contributed by atoms with Crippen LogP contribution in [-0.2, 0) is 9.53 Å². The molecule has 1 aliphatic rings. The lowest BCUT2D eigenvalue weighted by atomic mass is 10.2. The Balaban J connectivity index is 1.70. The van der Waals surface area contributed by atoms with Gasteiger partial charge in [-0.3, -0.25) is 9.69 Å². The van der Waals surface area contributed by atoms with Gasteiger partial charge in [0.2, 0.25) is 5.91 Å². The highest BCUT2D eigenvalue weighted by Gasteiger charge is 2.26. The maximum absolute atomic E-state index is 12.3. The van der Waals surface area contributed by atoms with Gasteiger partial charge in [0.25, 0.3) is 0 Å². The molecule has 0 bridgehead atoms. The van der Waals surface area contributed by atoms with Crippen molar-refractivity contribution in [2.45, 2.75) is 19.9 Å². The average Bonchev–Trinajstić information content (AvgIpc) is 2.88. The Labute approximate surface area is 136 Å². The molecule has 1 saturated heterocycles. The molecule has 1 fully saturated rings. The van der Waals surface area contributed by atoms with Crippen molar-refractivity contribution in [3.8, 4) is 5.69 Å². The lowest BCUT2D eigenvalue weighted by Crippen LogP contribution is -2.49. The Morgan fingerprint density at radius 3 is 2.65 bits per heavy atom. The fourth-order valence-corrected chi connectivity index (χ4v) is 2.65. The van der Waals surface area contributed by atoms with E-state index in [9.17, 15) is 4.79 Å². The van der Waals surface area contributed by atoms with Gasteiger partial charge < -0.3 is 14.6 Å². The van der Waals surface area contributed by atoms with Gasteiger partial charge in [-0.1, -0.05) is 0 Å². The van der Waals surface area contributed by atoms with Crippen LogP contribution in [0.3, 0.4) is 0 Å². The molecule has 0 spiro atoms. The number of hydrogen-bond donors (Lipinski definition) is 1. The number of hydrogen-bond acceptors (Lipinski definition) is 4. The first-order valence-electron chi connectivity index (χ1n) is 7.76. The van der Waals surface area contributed by atoms with Crippen molar-refractivity contribution in [1.29, 1.82) is 0 Å². The van der Waals surface area contributed by atoms with Crippen LogP contribution in [0, 0.1) is 13.8 Å². The Hall–Kier alpha value is -2.18. The summed E-state index contributed by atoms with van der Waals surface area (Å²) in [5.74, 6) is -0.0328. The van der Waals surface area contributed by atoms with Gasteiger partial charge in [0.1, 0.15) is 6.04 Å². The van der Waals surface area contributed by atoms with Crippen LogP contribution in [-0.4, -0.2) is 53.2 Å². The predicted molar refractivity (Wildman–Crippen MR) is 88.9 cm³/mol. The molecular weight excluding hydrogens is 292 g/mol. The van der Waals surface area contributed by atoms with Crippen LogP contribution in [0.15, 0.2) is 30.6 Å². The number of carbonyl (C=O) groups excluding carboxylic acids is 1. The maximum atomic E-state index is 12.3. The highest BCUT2D eigenvalue weighted by Crippen LogP contribution is 2.17. The number of anilines is 1. The van der Waals surface area contributed by atoms with Crippen molar-refractivity contribution in [2.24, 2.45) is 0 Å². The zero-order valence-corrected chi connectivity index (χ0v) is 13.7. The summed E-state index contributed by atoms with van der Waals surface area (Å²) in [7, 11) is 1.94. The zero-order valence-electron chi connectivity index (χ0n) is 13.7. The van der Waals surface area contributed by atoms with Crippen molar-refractivity contribution < 1.29 is 9.53 Å². The number of carbonyl (C=O) groups is 1. The molecule has 122 valence electrons. The SMILES string of the molecule is Cc1ncn(-c2ccc(NC(=O)C3COCCN3C)cc2)c1C. The molecule has 0 saturated carbocycles. The molecular formula is C17H22N4O2. The van der Waals surface area contributed by atoms with E-state index in [0.29, 0.717) is 13.2 Å². The van der Waals surface area contributed by atoms with Gasteiger partial charge in [-0.05, 0) is 45.2 Å². The summed E-state index contributed by atoms with van der Waals surface area (Å²) in [6.07, 6.45) is 1.81. The molecule has 3 rings (SSSR count). The van der Waals surface area contributed by atoms with Crippen LogP contribution >= 0.6 is 0 Å². The smallest absolute Gasteiger partial charge is 0.244 e. The number of amides is 1. The molecule has 1 unspecified atom stereocenters. The number of aryl methyl sites for hydroxylation is 1. The van der Waals surface area contributed by atoms with Crippen LogP contribution in [0.1, 0.15) is 11.4 Å². The summed E-state index contributed by atoms with van der Waals surface area (Å²) in [5, 5.41) is 2.96. The summed E-state index contributed by atoms with van der Waals surface area (Å²) in [6, 6.07) is 7.54. The Bertz CT molecular complexity index is 693. The number of benzene rings is 1. The minimum Gasteiger partial charge on any atom is -0.378 e. The second kappa shape index (κ2) is 6.52. The molecule has 1 aromatic carbocycles. The topological polar surface area (TPSA) is 59.4 Å². The molecule has 6 nitrogen and oxygen atoms in total. The minimum atomic E-state index is -0.234. The molecule has 2 aromatic rings. The Morgan fingerprint density at radius 1 is 1.30 bits per heavy atom. The van der Waals surface area contributed by atoms with E-state index in [4.69, 9.17) is 4.74 Å². The average molecular weight is 314 g/mol. The first kappa shape index (κ1) is 15.7. The number of morpholine rings is 1. The second-order valence-corrected chi connectivity index (χ2v) is 5.89. The summed E-state index contributed by atoms with van der Waals surface area (Å²) in [6.45, 7) is 5.92. The Kier molecular flexibility index (Phi) is 4.45. The number of rotatable bonds is 3. The summed E-state index contributed by atoms with van der Waals surface area (Å²) in [5.41, 5.74) is 3.94. The van der Waals surface area contributed by atoms with Crippen LogP contribution in [0.5, 0.6) is 0 Å². The molecule has 23 heavy (non-hydrogen) atoms. The van der Waals surface area contributed by atoms with E-state index in [1.165, 1.54) is 0 Å². The van der Waals surface area contributed by atoms with Crippen molar-refractivity contribution in [1.82, 2.24) is 14.5 Å². The van der Waals surface area contributed by atoms with E-state index in [-0.39, 0.29) is 11.9 Å². The van der Waals surface area contributed by atoms with Gasteiger partial charge in [-0.25, -0.2) is 4.98 Å². The number of likely N-dealkylation sites (N-methyl/N-ethyl adjacent to an activating group) is 1. The molecule has 0 radical (unpaired) electrons. The number of imidazole rings is 1. The third-order valence-electron chi connectivity index (χ3n) is 4.36. The maximum Gasteiger partial charge on any atom is 0.244 e. The van der Waals surface area contributed by atoms with E-state index in [1.54, 1.807) is 0 Å². The van der Waals surface area contributed by atoms with Gasteiger partial charge in [0.15, 0.2) is 0 Å². The van der Waals surface area contributed by atoms with Gasteiger partial charge in [0, 0.05) is 23.6 Å². The number of ether oxygens (including phenoxy) is 1. The van der Waals surface area contributed by atoms with Crippen molar-refractivity contribution in [3.63, 3.8) is 0 Å². The van der Waals surface area contributed by atoms with E-state index in [0.717, 1.165) is 29.3 Å². The van der Waals surface area contributed by atoms with Crippen LogP contribution in [0.4, 0.5) is 5.69 Å². The summed E-state index contributed by atoms with van der Waals surface area (Å²) < 4.78 is 7.42. The largest absolute Gasteiger partial charge is 0.378 e. The minimum absolute atomic E-state index is 0.0328. The van der Waals surface area contributed by atoms with Gasteiger partial charge in [-0.2, -0.15) is 0 Å². The molecule has 1 atom stereocenters. The molecule has 1 aromatic heterocycles. The predicted octanol–water partition coefficient (Wildman–Crippen LogP) is 1.76. The van der Waals surface area contributed by atoms with Crippen molar-refractivity contribution in [2.75, 3.05) is 32.1 Å². The Morgan fingerprint density at radius 2 is 2.04 bits per heavy atom. The zero-order chi connectivity index (χ0) is 16.4. The van der Waals surface area contributed by atoms with E-state index in [1.807, 2.05) is 61.0 Å². The normalized spacial score (nSPS) is 18.8. The van der Waals surface area contributed by atoms with Crippen molar-refractivity contribution in [3.05, 3.63) is 42.0 Å². The molecule has 1 aliphatic heterocycles. The molecule has 1 N–H and O–H groups in total. The molecule has 0 aliphatic carbocycles. The molecule has 1 amide bonds. The molecule has 2 heterocycles. The third kappa shape index (κ3) is 3.28. The van der Waals surface area contributed by atoms with Crippen LogP contribution < -0.4 is 5.32 Å². The lowest BCUT2D eigenvalue weighted by molar-refractivity contribution is -0.126. The molecule has 6 heteroatoms.